The number of carbonyl (C=O) groups excluding carboxylic acids is 2. The van der Waals surface area contributed by atoms with E-state index in [0.29, 0.717) is 25.9 Å². The van der Waals surface area contributed by atoms with Crippen molar-refractivity contribution >= 4 is 17.5 Å². The van der Waals surface area contributed by atoms with Crippen LogP contribution in [0.3, 0.4) is 0 Å². The topological polar surface area (TPSA) is 80.6 Å². The van der Waals surface area contributed by atoms with Crippen LogP contribution in [-0.2, 0) is 23.1 Å². The standard InChI is InChI=1S/C18H23N5O3/c1-13-18(25)23(14-4-6-15(26-3)7-5-14)11-10-22(13)17(24)9-8-16-20-19-12-21(16)2/h4-7,12-13H,8-11H2,1-3H3. The Morgan fingerprint density at radius 3 is 2.62 bits per heavy atom. The first-order chi connectivity index (χ1) is 12.5. The third-order valence-corrected chi connectivity index (χ3v) is 4.73. The molecule has 0 spiro atoms. The molecule has 1 saturated heterocycles. The number of amides is 2. The molecule has 1 aliphatic rings. The molecule has 1 aromatic carbocycles. The van der Waals surface area contributed by atoms with E-state index in [4.69, 9.17) is 4.74 Å². The molecule has 138 valence electrons. The van der Waals surface area contributed by atoms with E-state index in [1.54, 1.807) is 34.7 Å². The van der Waals surface area contributed by atoms with Gasteiger partial charge < -0.3 is 19.1 Å². The number of nitrogens with zero attached hydrogens (tertiary/aromatic N) is 5. The highest BCUT2D eigenvalue weighted by Crippen LogP contribution is 2.23. The van der Waals surface area contributed by atoms with Gasteiger partial charge in [-0.1, -0.05) is 0 Å². The minimum Gasteiger partial charge on any atom is -0.497 e. The number of ether oxygens (including phenoxy) is 1. The number of rotatable bonds is 5. The minimum atomic E-state index is -0.488. The lowest BCUT2D eigenvalue weighted by atomic mass is 10.1. The smallest absolute Gasteiger partial charge is 0.249 e. The monoisotopic (exact) mass is 357 g/mol. The third-order valence-electron chi connectivity index (χ3n) is 4.73. The zero-order valence-electron chi connectivity index (χ0n) is 15.3. The van der Waals surface area contributed by atoms with Crippen LogP contribution in [0.15, 0.2) is 30.6 Å². The SMILES string of the molecule is COc1ccc(N2CCN(C(=O)CCc3nncn3C)C(C)C2=O)cc1. The van der Waals surface area contributed by atoms with Crippen molar-refractivity contribution in [2.75, 3.05) is 25.1 Å². The van der Waals surface area contributed by atoms with Crippen LogP contribution < -0.4 is 9.64 Å². The minimum absolute atomic E-state index is 0.0387. The van der Waals surface area contributed by atoms with E-state index in [2.05, 4.69) is 10.2 Å². The van der Waals surface area contributed by atoms with Gasteiger partial charge in [0.25, 0.3) is 0 Å². The maximum Gasteiger partial charge on any atom is 0.249 e. The lowest BCUT2D eigenvalue weighted by Crippen LogP contribution is -2.57. The fourth-order valence-electron chi connectivity index (χ4n) is 3.13. The van der Waals surface area contributed by atoms with E-state index in [9.17, 15) is 9.59 Å². The Labute approximate surface area is 152 Å². The summed E-state index contributed by atoms with van der Waals surface area (Å²) in [5.41, 5.74) is 0.814. The number of aryl methyl sites for hydroxylation is 2. The maximum atomic E-state index is 12.8. The molecule has 2 heterocycles. The summed E-state index contributed by atoms with van der Waals surface area (Å²) in [6, 6.07) is 6.87. The van der Waals surface area contributed by atoms with Crippen LogP contribution in [0.5, 0.6) is 5.75 Å². The summed E-state index contributed by atoms with van der Waals surface area (Å²) >= 11 is 0. The zero-order valence-corrected chi connectivity index (χ0v) is 15.3. The summed E-state index contributed by atoms with van der Waals surface area (Å²) in [4.78, 5) is 28.7. The number of piperazine rings is 1. The maximum absolute atomic E-state index is 12.8. The summed E-state index contributed by atoms with van der Waals surface area (Å²) in [7, 11) is 3.45. The quantitative estimate of drug-likeness (QED) is 0.798. The molecule has 1 fully saturated rings. The second-order valence-corrected chi connectivity index (χ2v) is 6.31. The highest BCUT2D eigenvalue weighted by Gasteiger charge is 2.34. The first-order valence-electron chi connectivity index (χ1n) is 8.59. The van der Waals surface area contributed by atoms with E-state index < -0.39 is 6.04 Å². The van der Waals surface area contributed by atoms with Crippen molar-refractivity contribution in [2.45, 2.75) is 25.8 Å². The molecule has 0 aliphatic carbocycles. The number of hydrogen-bond acceptors (Lipinski definition) is 5. The molecule has 26 heavy (non-hydrogen) atoms. The molecule has 0 saturated carbocycles. The van der Waals surface area contributed by atoms with Crippen molar-refractivity contribution in [1.82, 2.24) is 19.7 Å². The number of methoxy groups -OCH3 is 1. The Balaban J connectivity index is 1.63. The number of aromatic nitrogens is 3. The highest BCUT2D eigenvalue weighted by molar-refractivity contribution is 6.00. The average Bonchev–Trinajstić information content (AvgIpc) is 3.07. The Hall–Kier alpha value is -2.90. The number of benzene rings is 1. The van der Waals surface area contributed by atoms with E-state index in [0.717, 1.165) is 17.3 Å². The Bertz CT molecular complexity index is 786. The van der Waals surface area contributed by atoms with Crippen molar-refractivity contribution in [1.29, 1.82) is 0 Å². The molecule has 2 amide bonds. The molecule has 0 radical (unpaired) electrons. The van der Waals surface area contributed by atoms with Crippen molar-refractivity contribution in [3.05, 3.63) is 36.4 Å². The lowest BCUT2D eigenvalue weighted by Gasteiger charge is -2.39. The predicted octanol–water partition coefficient (Wildman–Crippen LogP) is 1.02. The Kier molecular flexibility index (Phi) is 5.20. The van der Waals surface area contributed by atoms with Gasteiger partial charge in [-0.2, -0.15) is 0 Å². The van der Waals surface area contributed by atoms with Crippen LogP contribution in [0.2, 0.25) is 0 Å². The average molecular weight is 357 g/mol. The zero-order chi connectivity index (χ0) is 18.7. The molecule has 3 rings (SSSR count). The van der Waals surface area contributed by atoms with Gasteiger partial charge in [-0.3, -0.25) is 9.59 Å². The summed E-state index contributed by atoms with van der Waals surface area (Å²) in [6.45, 7) is 2.76. The van der Waals surface area contributed by atoms with Crippen molar-refractivity contribution in [3.8, 4) is 5.75 Å². The van der Waals surface area contributed by atoms with Crippen LogP contribution in [0.25, 0.3) is 0 Å². The van der Waals surface area contributed by atoms with E-state index in [1.165, 1.54) is 0 Å². The predicted molar refractivity (Wildman–Crippen MR) is 95.8 cm³/mol. The van der Waals surface area contributed by atoms with Crippen LogP contribution in [0.4, 0.5) is 5.69 Å². The van der Waals surface area contributed by atoms with Crippen LogP contribution in [0, 0.1) is 0 Å². The van der Waals surface area contributed by atoms with Gasteiger partial charge in [0.05, 0.1) is 7.11 Å². The molecule has 1 aliphatic heterocycles. The van der Waals surface area contributed by atoms with E-state index >= 15 is 0 Å². The lowest BCUT2D eigenvalue weighted by molar-refractivity contribution is -0.140. The first-order valence-corrected chi connectivity index (χ1v) is 8.59. The highest BCUT2D eigenvalue weighted by atomic mass is 16.5. The second-order valence-electron chi connectivity index (χ2n) is 6.31. The number of carbonyl (C=O) groups is 2. The first kappa shape index (κ1) is 17.9. The molecule has 2 aromatic rings. The van der Waals surface area contributed by atoms with Crippen molar-refractivity contribution < 1.29 is 14.3 Å². The van der Waals surface area contributed by atoms with Crippen LogP contribution >= 0.6 is 0 Å². The molecule has 8 heteroatoms. The number of anilines is 1. The summed E-state index contributed by atoms with van der Waals surface area (Å²) in [5, 5.41) is 7.80. The van der Waals surface area contributed by atoms with Gasteiger partial charge in [0.2, 0.25) is 11.8 Å². The molecule has 1 atom stereocenters. The summed E-state index contributed by atoms with van der Waals surface area (Å²) < 4.78 is 6.95. The molecule has 1 unspecified atom stereocenters. The van der Waals surface area contributed by atoms with E-state index in [-0.39, 0.29) is 11.8 Å². The fraction of sp³-hybridized carbons (Fsp3) is 0.444. The van der Waals surface area contributed by atoms with Gasteiger partial charge in [-0.05, 0) is 31.2 Å². The second kappa shape index (κ2) is 7.55. The molecule has 0 N–H and O–H groups in total. The third kappa shape index (κ3) is 3.54. The van der Waals surface area contributed by atoms with Gasteiger partial charge in [0.1, 0.15) is 23.9 Å². The summed E-state index contributed by atoms with van der Waals surface area (Å²) in [5.74, 6) is 1.39. The largest absolute Gasteiger partial charge is 0.497 e. The fourth-order valence-corrected chi connectivity index (χ4v) is 3.13. The molecule has 1 aromatic heterocycles. The number of hydrogen-bond donors (Lipinski definition) is 0. The van der Waals surface area contributed by atoms with Gasteiger partial charge in [-0.15, -0.1) is 10.2 Å². The van der Waals surface area contributed by atoms with Crippen LogP contribution in [0.1, 0.15) is 19.2 Å². The van der Waals surface area contributed by atoms with Gasteiger partial charge in [0.15, 0.2) is 0 Å². The van der Waals surface area contributed by atoms with Crippen LogP contribution in [-0.4, -0.2) is 57.7 Å². The van der Waals surface area contributed by atoms with Gasteiger partial charge in [0, 0.05) is 38.7 Å². The molecule has 8 nitrogen and oxygen atoms in total. The normalized spacial score (nSPS) is 17.5. The molecule has 0 bridgehead atoms. The Morgan fingerprint density at radius 1 is 1.27 bits per heavy atom. The van der Waals surface area contributed by atoms with Gasteiger partial charge >= 0.3 is 0 Å². The Morgan fingerprint density at radius 2 is 2.00 bits per heavy atom. The molecular formula is C18H23N5O3. The van der Waals surface area contributed by atoms with Crippen molar-refractivity contribution in [2.24, 2.45) is 7.05 Å². The summed E-state index contributed by atoms with van der Waals surface area (Å²) in [6.07, 6.45) is 2.43. The van der Waals surface area contributed by atoms with E-state index in [1.807, 2.05) is 31.3 Å². The van der Waals surface area contributed by atoms with Gasteiger partial charge in [-0.25, -0.2) is 0 Å². The van der Waals surface area contributed by atoms with Crippen molar-refractivity contribution in [3.63, 3.8) is 0 Å². The molecular weight excluding hydrogens is 334 g/mol.